The van der Waals surface area contributed by atoms with Gasteiger partial charge in [-0.3, -0.25) is 9.10 Å². The Hall–Kier alpha value is -3.07. The van der Waals surface area contributed by atoms with E-state index in [-0.39, 0.29) is 11.3 Å². The summed E-state index contributed by atoms with van der Waals surface area (Å²) in [4.78, 5) is 24.7. The van der Waals surface area contributed by atoms with E-state index in [1.807, 2.05) is 0 Å². The largest absolute Gasteiger partial charge is 0.493 e. The van der Waals surface area contributed by atoms with Gasteiger partial charge in [-0.25, -0.2) is 13.2 Å². The van der Waals surface area contributed by atoms with Crippen molar-refractivity contribution in [3.63, 3.8) is 0 Å². The lowest BCUT2D eigenvalue weighted by atomic mass is 10.1. The summed E-state index contributed by atoms with van der Waals surface area (Å²) in [6, 6.07) is 9.35. The van der Waals surface area contributed by atoms with Gasteiger partial charge in [0.25, 0.3) is 0 Å². The van der Waals surface area contributed by atoms with Crippen molar-refractivity contribution in [2.75, 3.05) is 37.9 Å². The first kappa shape index (κ1) is 20.7. The molecular weight excluding hydrogens is 398 g/mol. The lowest BCUT2D eigenvalue weighted by Gasteiger charge is -2.16. The van der Waals surface area contributed by atoms with Crippen LogP contribution in [-0.4, -0.2) is 53.8 Å². The van der Waals surface area contributed by atoms with Crippen LogP contribution in [0.2, 0.25) is 0 Å². The predicted molar refractivity (Wildman–Crippen MR) is 106 cm³/mol. The number of methoxy groups -OCH3 is 2. The second kappa shape index (κ2) is 8.12. The average Bonchev–Trinajstić information content (AvgIpc) is 3.14. The van der Waals surface area contributed by atoms with Crippen LogP contribution in [0.3, 0.4) is 0 Å². The highest BCUT2D eigenvalue weighted by atomic mass is 32.2. The first-order valence-electron chi connectivity index (χ1n) is 8.77. The number of ketones is 1. The molecule has 0 saturated carbocycles. The van der Waals surface area contributed by atoms with E-state index in [1.165, 1.54) is 36.7 Å². The lowest BCUT2D eigenvalue weighted by molar-refractivity contribution is 0.0474. The molecule has 9 heteroatoms. The van der Waals surface area contributed by atoms with Gasteiger partial charge >= 0.3 is 5.97 Å². The predicted octanol–water partition coefficient (Wildman–Crippen LogP) is 2.07. The molecule has 0 spiro atoms. The van der Waals surface area contributed by atoms with Gasteiger partial charge < -0.3 is 14.2 Å². The summed E-state index contributed by atoms with van der Waals surface area (Å²) in [6.07, 6.45) is 1.67. The van der Waals surface area contributed by atoms with Crippen LogP contribution in [0, 0.1) is 0 Å². The maximum absolute atomic E-state index is 12.4. The highest BCUT2D eigenvalue weighted by Crippen LogP contribution is 2.31. The third-order valence-electron chi connectivity index (χ3n) is 4.61. The fourth-order valence-electron chi connectivity index (χ4n) is 3.15. The van der Waals surface area contributed by atoms with Gasteiger partial charge in [0, 0.05) is 12.1 Å². The topological polar surface area (TPSA) is 99.2 Å². The molecule has 2 aromatic carbocycles. The second-order valence-corrected chi connectivity index (χ2v) is 8.40. The van der Waals surface area contributed by atoms with Gasteiger partial charge in [0.05, 0.1) is 31.7 Å². The Balaban J connectivity index is 1.68. The zero-order chi connectivity index (χ0) is 21.2. The van der Waals surface area contributed by atoms with Crippen molar-refractivity contribution >= 4 is 27.5 Å². The van der Waals surface area contributed by atoms with E-state index in [0.29, 0.717) is 35.7 Å². The van der Waals surface area contributed by atoms with Crippen LogP contribution in [-0.2, 0) is 21.2 Å². The van der Waals surface area contributed by atoms with E-state index >= 15 is 0 Å². The third-order valence-corrected chi connectivity index (χ3v) is 5.79. The number of hydrogen-bond donors (Lipinski definition) is 0. The Morgan fingerprint density at radius 2 is 1.69 bits per heavy atom. The average molecular weight is 419 g/mol. The molecule has 0 fully saturated rings. The zero-order valence-electron chi connectivity index (χ0n) is 16.3. The number of carbonyl (C=O) groups is 2. The van der Waals surface area contributed by atoms with Gasteiger partial charge in [0.1, 0.15) is 0 Å². The first-order valence-corrected chi connectivity index (χ1v) is 10.6. The SMILES string of the molecule is COc1ccc(C(=O)OCC(=O)c2ccc3c(c2)CCN3S(C)(=O)=O)cc1OC. The molecule has 1 heterocycles. The minimum atomic E-state index is -3.35. The number of rotatable bonds is 7. The molecule has 0 aromatic heterocycles. The van der Waals surface area contributed by atoms with Gasteiger partial charge in [-0.05, 0) is 48.4 Å². The minimum Gasteiger partial charge on any atom is -0.493 e. The fraction of sp³-hybridized carbons (Fsp3) is 0.300. The number of hydrogen-bond acceptors (Lipinski definition) is 7. The second-order valence-electron chi connectivity index (χ2n) is 6.50. The number of carbonyl (C=O) groups excluding carboxylic acids is 2. The smallest absolute Gasteiger partial charge is 0.338 e. The van der Waals surface area contributed by atoms with Gasteiger partial charge in [-0.15, -0.1) is 0 Å². The summed E-state index contributed by atoms with van der Waals surface area (Å²) >= 11 is 0. The molecule has 0 saturated heterocycles. The molecule has 0 aliphatic carbocycles. The number of benzene rings is 2. The molecular formula is C20H21NO7S. The van der Waals surface area contributed by atoms with E-state index in [4.69, 9.17) is 14.2 Å². The van der Waals surface area contributed by atoms with Crippen molar-refractivity contribution < 1.29 is 32.2 Å². The number of ether oxygens (including phenoxy) is 3. The Bertz CT molecular complexity index is 1060. The third kappa shape index (κ3) is 4.34. The van der Waals surface area contributed by atoms with E-state index in [2.05, 4.69) is 0 Å². The monoisotopic (exact) mass is 419 g/mol. The summed E-state index contributed by atoms with van der Waals surface area (Å²) in [6.45, 7) is -0.0815. The maximum Gasteiger partial charge on any atom is 0.338 e. The van der Waals surface area contributed by atoms with Gasteiger partial charge in [-0.1, -0.05) is 0 Å². The molecule has 0 bridgehead atoms. The number of nitrogens with zero attached hydrogens (tertiary/aromatic N) is 1. The molecule has 2 aromatic rings. The van der Waals surface area contributed by atoms with Crippen molar-refractivity contribution in [1.29, 1.82) is 0 Å². The fourth-order valence-corrected chi connectivity index (χ4v) is 4.11. The maximum atomic E-state index is 12.4. The minimum absolute atomic E-state index is 0.230. The summed E-state index contributed by atoms with van der Waals surface area (Å²) in [5.41, 5.74) is 1.94. The van der Waals surface area contributed by atoms with Crippen molar-refractivity contribution in [2.45, 2.75) is 6.42 Å². The van der Waals surface area contributed by atoms with Crippen LogP contribution in [0.1, 0.15) is 26.3 Å². The van der Waals surface area contributed by atoms with E-state index in [9.17, 15) is 18.0 Å². The highest BCUT2D eigenvalue weighted by molar-refractivity contribution is 7.92. The van der Waals surface area contributed by atoms with Crippen molar-refractivity contribution in [3.8, 4) is 11.5 Å². The van der Waals surface area contributed by atoms with E-state index in [0.717, 1.165) is 11.8 Å². The normalized spacial score (nSPS) is 13.0. The van der Waals surface area contributed by atoms with Crippen LogP contribution < -0.4 is 13.8 Å². The summed E-state index contributed by atoms with van der Waals surface area (Å²) in [7, 11) is -0.412. The lowest BCUT2D eigenvalue weighted by Crippen LogP contribution is -2.27. The highest BCUT2D eigenvalue weighted by Gasteiger charge is 2.27. The number of esters is 1. The first-order chi connectivity index (χ1) is 13.7. The molecule has 1 aliphatic rings. The summed E-state index contributed by atoms with van der Waals surface area (Å²) < 4.78 is 40.3. The quantitative estimate of drug-likeness (QED) is 0.500. The Labute approximate surface area is 169 Å². The van der Waals surface area contributed by atoms with E-state index in [1.54, 1.807) is 18.2 Å². The zero-order valence-corrected chi connectivity index (χ0v) is 17.1. The van der Waals surface area contributed by atoms with Crippen molar-refractivity contribution in [1.82, 2.24) is 0 Å². The molecule has 154 valence electrons. The molecule has 0 atom stereocenters. The Morgan fingerprint density at radius 1 is 1.00 bits per heavy atom. The van der Waals surface area contributed by atoms with Crippen LogP contribution in [0.25, 0.3) is 0 Å². The molecule has 29 heavy (non-hydrogen) atoms. The van der Waals surface area contributed by atoms with Crippen LogP contribution in [0.4, 0.5) is 5.69 Å². The number of anilines is 1. The van der Waals surface area contributed by atoms with Crippen molar-refractivity contribution in [3.05, 3.63) is 53.1 Å². The number of Topliss-reactive ketones (excluding diaryl/α,β-unsaturated/α-hetero) is 1. The molecule has 0 N–H and O–H groups in total. The molecule has 0 unspecified atom stereocenters. The molecule has 8 nitrogen and oxygen atoms in total. The number of sulfonamides is 1. The van der Waals surface area contributed by atoms with Gasteiger partial charge in [0.2, 0.25) is 10.0 Å². The molecule has 0 radical (unpaired) electrons. The Kier molecular flexibility index (Phi) is 5.78. The molecule has 1 aliphatic heterocycles. The van der Waals surface area contributed by atoms with Crippen LogP contribution in [0.5, 0.6) is 11.5 Å². The van der Waals surface area contributed by atoms with Gasteiger partial charge in [0.15, 0.2) is 23.9 Å². The van der Waals surface area contributed by atoms with Crippen molar-refractivity contribution in [2.24, 2.45) is 0 Å². The molecule has 0 amide bonds. The van der Waals surface area contributed by atoms with Gasteiger partial charge in [-0.2, -0.15) is 0 Å². The Morgan fingerprint density at radius 3 is 2.34 bits per heavy atom. The summed E-state index contributed by atoms with van der Waals surface area (Å²) in [5.74, 6) is -0.188. The number of fused-ring (bicyclic) bond motifs is 1. The van der Waals surface area contributed by atoms with Crippen LogP contribution in [0.15, 0.2) is 36.4 Å². The standard InChI is InChI=1S/C20H21NO7S/c1-26-18-7-5-15(11-19(18)27-2)20(23)28-12-17(22)14-4-6-16-13(10-14)8-9-21(16)29(3,24)25/h4-7,10-11H,8-9,12H2,1-3H3. The van der Waals surface area contributed by atoms with E-state index < -0.39 is 22.6 Å². The summed E-state index contributed by atoms with van der Waals surface area (Å²) in [5, 5.41) is 0. The van der Waals surface area contributed by atoms with Crippen LogP contribution >= 0.6 is 0 Å². The molecule has 3 rings (SSSR count).